The van der Waals surface area contributed by atoms with Crippen LogP contribution < -0.4 is 5.32 Å². The molecule has 4 heteroatoms. The summed E-state index contributed by atoms with van der Waals surface area (Å²) in [6.45, 7) is 4.24. The van der Waals surface area contributed by atoms with E-state index < -0.39 is 0 Å². The van der Waals surface area contributed by atoms with Gasteiger partial charge in [0.25, 0.3) is 0 Å². The van der Waals surface area contributed by atoms with Crippen molar-refractivity contribution in [2.75, 3.05) is 7.05 Å². The molecule has 2 aromatic heterocycles. The van der Waals surface area contributed by atoms with Crippen LogP contribution in [0.4, 0.5) is 0 Å². The minimum Gasteiger partial charge on any atom is -0.354 e. The molecule has 0 aliphatic rings. The van der Waals surface area contributed by atoms with E-state index in [9.17, 15) is 0 Å². The summed E-state index contributed by atoms with van der Waals surface area (Å²) in [5.74, 6) is 0. The van der Waals surface area contributed by atoms with Crippen LogP contribution in [0.25, 0.3) is 0 Å². The zero-order valence-corrected chi connectivity index (χ0v) is 10.5. The molecule has 0 saturated heterocycles. The molecule has 0 amide bonds. The van der Waals surface area contributed by atoms with E-state index in [1.165, 1.54) is 5.56 Å². The topological polar surface area (TPSA) is 34.8 Å². The van der Waals surface area contributed by atoms with Crippen LogP contribution >= 0.6 is 0 Å². The Bertz CT molecular complexity index is 430. The molecule has 2 rings (SSSR count). The van der Waals surface area contributed by atoms with Gasteiger partial charge in [0.2, 0.25) is 0 Å². The molecule has 17 heavy (non-hydrogen) atoms. The average Bonchev–Trinajstić information content (AvgIpc) is 2.99. The van der Waals surface area contributed by atoms with Gasteiger partial charge in [0, 0.05) is 43.9 Å². The summed E-state index contributed by atoms with van der Waals surface area (Å²) < 4.78 is 4.36. The first-order chi connectivity index (χ1) is 8.29. The van der Waals surface area contributed by atoms with Crippen molar-refractivity contribution in [2.45, 2.75) is 32.5 Å². The van der Waals surface area contributed by atoms with Crippen LogP contribution in [0.3, 0.4) is 0 Å². The highest BCUT2D eigenvalue weighted by Crippen LogP contribution is 2.12. The maximum absolute atomic E-state index is 4.03. The van der Waals surface area contributed by atoms with Crippen molar-refractivity contribution in [1.29, 1.82) is 0 Å². The summed E-state index contributed by atoms with van der Waals surface area (Å²) >= 11 is 0. The lowest BCUT2D eigenvalue weighted by Gasteiger charge is -2.07. The first-order valence-electron chi connectivity index (χ1n) is 6.08. The highest BCUT2D eigenvalue weighted by atomic mass is 15.0. The summed E-state index contributed by atoms with van der Waals surface area (Å²) in [7, 11) is 1.99. The summed E-state index contributed by atoms with van der Waals surface area (Å²) in [5.41, 5.74) is 1.34. The van der Waals surface area contributed by atoms with Crippen molar-refractivity contribution in [3.05, 3.63) is 42.7 Å². The number of nitrogens with one attached hydrogen (secondary N) is 1. The van der Waals surface area contributed by atoms with Gasteiger partial charge in [-0.05, 0) is 32.0 Å². The smallest absolute Gasteiger partial charge is 0.0945 e. The van der Waals surface area contributed by atoms with Gasteiger partial charge in [-0.15, -0.1) is 0 Å². The minimum absolute atomic E-state index is 0.421. The van der Waals surface area contributed by atoms with Crippen LogP contribution in [0.15, 0.2) is 37.2 Å². The molecular weight excluding hydrogens is 212 g/mol. The average molecular weight is 232 g/mol. The van der Waals surface area contributed by atoms with Crippen molar-refractivity contribution >= 4 is 0 Å². The summed E-state index contributed by atoms with van der Waals surface area (Å²) in [6.07, 6.45) is 11.2. The maximum Gasteiger partial charge on any atom is 0.0945 e. The predicted molar refractivity (Wildman–Crippen MR) is 68.8 cm³/mol. The number of imidazole rings is 1. The standard InChI is InChI=1S/C13H20N4/c1-12(14-2)13-4-8-16(10-13)6-3-7-17-9-5-15-11-17/h4-5,8-12,14H,3,6-7H2,1-2H3. The zero-order valence-electron chi connectivity index (χ0n) is 10.5. The third-order valence-corrected chi connectivity index (χ3v) is 3.10. The summed E-state index contributed by atoms with van der Waals surface area (Å²) in [4.78, 5) is 4.03. The van der Waals surface area contributed by atoms with Gasteiger partial charge in [0.1, 0.15) is 0 Å². The number of aromatic nitrogens is 3. The Morgan fingerprint density at radius 1 is 1.29 bits per heavy atom. The fraction of sp³-hybridized carbons (Fsp3) is 0.462. The van der Waals surface area contributed by atoms with Crippen LogP contribution in [0.1, 0.15) is 24.9 Å². The van der Waals surface area contributed by atoms with Crippen molar-refractivity contribution in [1.82, 2.24) is 19.4 Å². The van der Waals surface area contributed by atoms with E-state index in [4.69, 9.17) is 0 Å². The van der Waals surface area contributed by atoms with Gasteiger partial charge in [-0.3, -0.25) is 0 Å². The van der Waals surface area contributed by atoms with Crippen molar-refractivity contribution in [3.63, 3.8) is 0 Å². The molecule has 1 N–H and O–H groups in total. The Morgan fingerprint density at radius 2 is 2.12 bits per heavy atom. The molecule has 0 aromatic carbocycles. The Kier molecular flexibility index (Phi) is 3.98. The lowest BCUT2D eigenvalue weighted by Crippen LogP contribution is -2.11. The number of rotatable bonds is 6. The van der Waals surface area contributed by atoms with Gasteiger partial charge >= 0.3 is 0 Å². The fourth-order valence-corrected chi connectivity index (χ4v) is 1.88. The van der Waals surface area contributed by atoms with Gasteiger partial charge in [0.15, 0.2) is 0 Å². The molecule has 0 saturated carbocycles. The second kappa shape index (κ2) is 5.68. The van der Waals surface area contributed by atoms with Crippen molar-refractivity contribution < 1.29 is 0 Å². The van der Waals surface area contributed by atoms with Crippen LogP contribution in [0, 0.1) is 0 Å². The Balaban J connectivity index is 1.81. The summed E-state index contributed by atoms with van der Waals surface area (Å²) in [5, 5.41) is 3.25. The fourth-order valence-electron chi connectivity index (χ4n) is 1.88. The zero-order chi connectivity index (χ0) is 12.1. The van der Waals surface area contributed by atoms with Crippen molar-refractivity contribution in [3.8, 4) is 0 Å². The first kappa shape index (κ1) is 11.9. The maximum atomic E-state index is 4.03. The molecule has 0 aliphatic heterocycles. The monoisotopic (exact) mass is 232 g/mol. The molecule has 0 fully saturated rings. The lowest BCUT2D eigenvalue weighted by atomic mass is 10.2. The highest BCUT2D eigenvalue weighted by Gasteiger charge is 2.03. The van der Waals surface area contributed by atoms with Crippen LogP contribution in [0.5, 0.6) is 0 Å². The second-order valence-corrected chi connectivity index (χ2v) is 4.35. The largest absolute Gasteiger partial charge is 0.354 e. The van der Waals surface area contributed by atoms with E-state index in [-0.39, 0.29) is 0 Å². The van der Waals surface area contributed by atoms with Gasteiger partial charge in [0.05, 0.1) is 6.33 Å². The lowest BCUT2D eigenvalue weighted by molar-refractivity contribution is 0.562. The molecule has 1 atom stereocenters. The van der Waals surface area contributed by atoms with E-state index >= 15 is 0 Å². The minimum atomic E-state index is 0.421. The van der Waals surface area contributed by atoms with Crippen LogP contribution in [0.2, 0.25) is 0 Å². The Hall–Kier alpha value is -1.55. The second-order valence-electron chi connectivity index (χ2n) is 4.35. The van der Waals surface area contributed by atoms with E-state index in [0.717, 1.165) is 19.5 Å². The third-order valence-electron chi connectivity index (χ3n) is 3.10. The van der Waals surface area contributed by atoms with E-state index in [0.29, 0.717) is 6.04 Å². The Labute approximate surface area is 102 Å². The van der Waals surface area contributed by atoms with Crippen LogP contribution in [-0.4, -0.2) is 21.2 Å². The Morgan fingerprint density at radius 3 is 2.82 bits per heavy atom. The molecule has 2 aromatic rings. The van der Waals surface area contributed by atoms with Gasteiger partial charge < -0.3 is 14.5 Å². The van der Waals surface area contributed by atoms with Gasteiger partial charge in [-0.25, -0.2) is 4.98 Å². The third kappa shape index (κ3) is 3.20. The predicted octanol–water partition coefficient (Wildman–Crippen LogP) is 2.06. The molecule has 4 nitrogen and oxygen atoms in total. The normalized spacial score (nSPS) is 12.8. The molecule has 0 spiro atoms. The number of hydrogen-bond acceptors (Lipinski definition) is 2. The van der Waals surface area contributed by atoms with E-state index in [1.54, 1.807) is 0 Å². The van der Waals surface area contributed by atoms with Crippen molar-refractivity contribution in [2.24, 2.45) is 0 Å². The summed E-state index contributed by atoms with van der Waals surface area (Å²) in [6, 6.07) is 2.60. The highest BCUT2D eigenvalue weighted by molar-refractivity contribution is 5.14. The number of nitrogens with zero attached hydrogens (tertiary/aromatic N) is 3. The molecule has 0 bridgehead atoms. The molecule has 1 unspecified atom stereocenters. The molecular formula is C13H20N4. The molecule has 92 valence electrons. The van der Waals surface area contributed by atoms with E-state index in [2.05, 4.69) is 44.8 Å². The molecule has 0 radical (unpaired) electrons. The van der Waals surface area contributed by atoms with Gasteiger partial charge in [-0.2, -0.15) is 0 Å². The number of hydrogen-bond donors (Lipinski definition) is 1. The number of aryl methyl sites for hydroxylation is 2. The molecule has 0 aliphatic carbocycles. The SMILES string of the molecule is CNC(C)c1ccn(CCCn2ccnc2)c1. The molecule has 2 heterocycles. The van der Waals surface area contributed by atoms with Crippen LogP contribution in [-0.2, 0) is 13.1 Å². The first-order valence-corrected chi connectivity index (χ1v) is 6.08. The quantitative estimate of drug-likeness (QED) is 0.827. The van der Waals surface area contributed by atoms with Gasteiger partial charge in [-0.1, -0.05) is 0 Å². The van der Waals surface area contributed by atoms with E-state index in [1.807, 2.05) is 25.8 Å².